The molecule has 610 valence electrons. The van der Waals surface area contributed by atoms with Crippen LogP contribution in [0.2, 0.25) is 0 Å². The number of hydrogen-bond donors (Lipinski definition) is 0. The molecule has 0 unspecified atom stereocenters. The molecule has 0 amide bonds. The first-order chi connectivity index (χ1) is 64.7. The van der Waals surface area contributed by atoms with Crippen LogP contribution < -0.4 is 0 Å². The van der Waals surface area contributed by atoms with Gasteiger partial charge in [0.1, 0.15) is 16.7 Å². The van der Waals surface area contributed by atoms with Gasteiger partial charge in [0.2, 0.25) is 0 Å². The number of aromatic nitrogens is 6. The maximum Gasteiger partial charge on any atom is 0.159 e. The lowest BCUT2D eigenvalue weighted by atomic mass is 9.79. The smallest absolute Gasteiger partial charge is 0.159 e. The average molecular weight is 1690 g/mol. The Morgan fingerprint density at radius 3 is 1.50 bits per heavy atom. The molecule has 1 aliphatic carbocycles. The summed E-state index contributed by atoms with van der Waals surface area (Å²) in [5, 5.41) is 34.7. The van der Waals surface area contributed by atoms with Crippen molar-refractivity contribution in [3.05, 3.63) is 424 Å². The van der Waals surface area contributed by atoms with E-state index in [4.69, 9.17) is 23.8 Å². The van der Waals surface area contributed by atoms with E-state index in [9.17, 15) is 0 Å². The standard InChI is InChI=1S/C48H32N4.C42H23NO2.C32H19NS/c1-48(2)40-27-39-38-23-31-13-5-6-14-32(31)24-45(38)52(34-25-43(41-15-7-9-19-49-41)51-44(26-34)42-16-8-10-20-50-42)46(39)28-37(40)35-18-17-33-21-29-11-3-4-12-30(29)22-36(33)47(35)48;1-3-10-27-24(8-1)16-17-26-18-20-31-32-22-36-33(23-38(32)45-42(31)39(26)27)40-28-11-4-2-9-25(28)19-21-34(40)43(36)35-14-7-13-30-29-12-5-6-15-37(29)44-41(30)35;1-2-10-22(11-3-1)33-28-18-27-30(34-29-17-15-20-8-4-6-12-23(20)31(27)29)19-26(28)25-16-14-21-9-5-7-13-24(21)32(25)33/h3-28H,1-2H3;1-23H;1-19H. The van der Waals surface area contributed by atoms with E-state index in [1.807, 2.05) is 72.3 Å². The first-order valence-corrected chi connectivity index (χ1v) is 45.6. The van der Waals surface area contributed by atoms with Gasteiger partial charge in [-0.3, -0.25) is 9.97 Å². The van der Waals surface area contributed by atoms with Crippen LogP contribution >= 0.6 is 11.3 Å². The number of rotatable bonds is 5. The van der Waals surface area contributed by atoms with Crippen LogP contribution in [-0.4, -0.2) is 28.7 Å². The first-order valence-electron chi connectivity index (χ1n) is 44.8. The SMILES string of the molecule is CC1(C)c2cc3c4cc5ccccc5cc4n(-c4cc(-c5ccccn5)nc(-c5ccccn5)c4)c3cc2-c2ccc3cc4ccccc4cc3c21.c1ccc(-n2c3cc4c(cc3c3ccc5ccccc5c32)sc2ccc3ccccc3c24)cc1.c1ccc2c(c1)ccc1ccc3c4cc5c(cc4oc3c12)c1c2ccccc2ccc1n5-c1cccc2c1oc1ccccc12. The molecule has 0 bridgehead atoms. The lowest BCUT2D eigenvalue weighted by Gasteiger charge is -2.23. The van der Waals surface area contributed by atoms with Crippen molar-refractivity contribution in [3.63, 3.8) is 0 Å². The minimum Gasteiger partial charge on any atom is -0.455 e. The second-order valence-corrected chi connectivity index (χ2v) is 36.7. The van der Waals surface area contributed by atoms with Crippen LogP contribution in [0.1, 0.15) is 25.0 Å². The van der Waals surface area contributed by atoms with Crippen molar-refractivity contribution in [1.82, 2.24) is 28.7 Å². The van der Waals surface area contributed by atoms with Crippen molar-refractivity contribution < 1.29 is 8.83 Å². The zero-order chi connectivity index (χ0) is 86.0. The maximum absolute atomic E-state index is 6.84. The lowest BCUT2D eigenvalue weighted by Crippen LogP contribution is -2.15. The Balaban J connectivity index is 0.000000101. The Morgan fingerprint density at radius 2 is 0.771 bits per heavy atom. The Bertz CT molecular complexity index is 9930. The molecule has 131 heavy (non-hydrogen) atoms. The Morgan fingerprint density at radius 1 is 0.252 bits per heavy atom. The summed E-state index contributed by atoms with van der Waals surface area (Å²) in [5.41, 5.74) is 22.4. The van der Waals surface area contributed by atoms with Crippen LogP contribution in [0.15, 0.2) is 422 Å². The number of pyridine rings is 3. The van der Waals surface area contributed by atoms with Gasteiger partial charge in [-0.1, -0.05) is 275 Å². The highest BCUT2D eigenvalue weighted by atomic mass is 32.1. The molecule has 9 aromatic heterocycles. The summed E-state index contributed by atoms with van der Waals surface area (Å²) in [6.45, 7) is 4.79. The third kappa shape index (κ3) is 11.0. The molecule has 0 saturated carbocycles. The average Bonchev–Trinajstić information content (AvgIpc) is 1.56. The molecular formula is C122H74N6O2S. The van der Waals surface area contributed by atoms with Crippen molar-refractivity contribution in [2.75, 3.05) is 0 Å². The molecule has 8 nitrogen and oxygen atoms in total. The molecule has 30 rings (SSSR count). The van der Waals surface area contributed by atoms with Gasteiger partial charge in [0, 0.05) is 108 Å². The first kappa shape index (κ1) is 73.4. The lowest BCUT2D eigenvalue weighted by molar-refractivity contribution is 0.666. The van der Waals surface area contributed by atoms with Gasteiger partial charge in [0.25, 0.3) is 0 Å². The third-order valence-corrected chi connectivity index (χ3v) is 29.2. The fraction of sp³-hybridized carbons (Fsp3) is 0.0246. The Labute approximate surface area is 753 Å². The molecule has 0 aliphatic heterocycles. The molecule has 0 fully saturated rings. The monoisotopic (exact) mass is 1690 g/mol. The van der Waals surface area contributed by atoms with Crippen molar-refractivity contribution in [2.45, 2.75) is 19.3 Å². The highest BCUT2D eigenvalue weighted by molar-refractivity contribution is 7.26. The van der Waals surface area contributed by atoms with Crippen molar-refractivity contribution in [2.24, 2.45) is 0 Å². The number of fused-ring (bicyclic) bond motifs is 35. The molecular weight excluding hydrogens is 1610 g/mol. The number of furan rings is 2. The molecule has 0 saturated heterocycles. The summed E-state index contributed by atoms with van der Waals surface area (Å²) in [5.74, 6) is 0. The van der Waals surface area contributed by atoms with Gasteiger partial charge in [-0.2, -0.15) is 0 Å². The number of hydrogen-bond acceptors (Lipinski definition) is 6. The van der Waals surface area contributed by atoms with Gasteiger partial charge in [-0.15, -0.1) is 11.3 Å². The van der Waals surface area contributed by atoms with Gasteiger partial charge >= 0.3 is 0 Å². The molecule has 29 aromatic rings. The number of para-hydroxylation sites is 3. The van der Waals surface area contributed by atoms with Crippen LogP contribution in [0, 0.1) is 0 Å². The highest BCUT2D eigenvalue weighted by Crippen LogP contribution is 2.55. The summed E-state index contributed by atoms with van der Waals surface area (Å²) in [4.78, 5) is 14.5. The number of nitrogens with zero attached hydrogens (tertiary/aromatic N) is 6. The van der Waals surface area contributed by atoms with E-state index in [1.54, 1.807) is 0 Å². The van der Waals surface area contributed by atoms with Gasteiger partial charge < -0.3 is 22.5 Å². The molecule has 20 aromatic carbocycles. The minimum absolute atomic E-state index is 0.193. The van der Waals surface area contributed by atoms with Gasteiger partial charge in [0.15, 0.2) is 5.58 Å². The number of benzene rings is 20. The Hall–Kier alpha value is -16.9. The number of thiophene rings is 1. The molecule has 0 radical (unpaired) electrons. The van der Waals surface area contributed by atoms with Crippen molar-refractivity contribution >= 4 is 227 Å². The van der Waals surface area contributed by atoms with E-state index in [1.165, 1.54) is 167 Å². The van der Waals surface area contributed by atoms with Crippen LogP contribution in [0.5, 0.6) is 0 Å². The van der Waals surface area contributed by atoms with Gasteiger partial charge in [-0.05, 0) is 237 Å². The van der Waals surface area contributed by atoms with Crippen LogP contribution in [0.25, 0.3) is 267 Å². The summed E-state index contributed by atoms with van der Waals surface area (Å²) in [6, 6.07) is 145. The second kappa shape index (κ2) is 28.1. The molecule has 0 spiro atoms. The quantitative estimate of drug-likeness (QED) is 0.127. The predicted molar refractivity (Wildman–Crippen MR) is 552 cm³/mol. The maximum atomic E-state index is 6.84. The van der Waals surface area contributed by atoms with Crippen LogP contribution in [0.4, 0.5) is 0 Å². The fourth-order valence-electron chi connectivity index (χ4n) is 22.2. The molecule has 0 atom stereocenters. The second-order valence-electron chi connectivity index (χ2n) is 35.6. The van der Waals surface area contributed by atoms with E-state index in [-0.39, 0.29) is 5.41 Å². The van der Waals surface area contributed by atoms with Crippen LogP contribution in [0.3, 0.4) is 0 Å². The van der Waals surface area contributed by atoms with Crippen molar-refractivity contribution in [1.29, 1.82) is 0 Å². The molecule has 0 N–H and O–H groups in total. The summed E-state index contributed by atoms with van der Waals surface area (Å²) in [6.07, 6.45) is 3.65. The van der Waals surface area contributed by atoms with E-state index < -0.39 is 0 Å². The Kier molecular flexibility index (Phi) is 15.7. The summed E-state index contributed by atoms with van der Waals surface area (Å²) in [7, 11) is 0. The molecule has 1 aliphatic rings. The van der Waals surface area contributed by atoms with Gasteiger partial charge in [-0.25, -0.2) is 4.98 Å². The van der Waals surface area contributed by atoms with Crippen LogP contribution in [-0.2, 0) is 5.41 Å². The van der Waals surface area contributed by atoms with Gasteiger partial charge in [0.05, 0.1) is 67.3 Å². The van der Waals surface area contributed by atoms with E-state index in [2.05, 4.69) is 379 Å². The zero-order valence-corrected chi connectivity index (χ0v) is 72.0. The largest absolute Gasteiger partial charge is 0.455 e. The van der Waals surface area contributed by atoms with E-state index in [0.29, 0.717) is 0 Å². The summed E-state index contributed by atoms with van der Waals surface area (Å²) >= 11 is 1.90. The highest BCUT2D eigenvalue weighted by Gasteiger charge is 2.39. The molecule has 9 heterocycles. The molecule has 9 heteroatoms. The minimum atomic E-state index is -0.193. The van der Waals surface area contributed by atoms with E-state index in [0.717, 1.165) is 111 Å². The van der Waals surface area contributed by atoms with E-state index >= 15 is 0 Å². The predicted octanol–water partition coefficient (Wildman–Crippen LogP) is 33.6. The zero-order valence-electron chi connectivity index (χ0n) is 71.2. The third-order valence-electron chi connectivity index (χ3n) is 28.1. The fourth-order valence-corrected chi connectivity index (χ4v) is 23.3. The normalized spacial score (nSPS) is 12.7. The summed E-state index contributed by atoms with van der Waals surface area (Å²) < 4.78 is 23.4. The topological polar surface area (TPSA) is 79.7 Å². The van der Waals surface area contributed by atoms with Crippen molar-refractivity contribution in [3.8, 4) is 51.0 Å².